The third-order valence-corrected chi connectivity index (χ3v) is 9.21. The van der Waals surface area contributed by atoms with Crippen molar-refractivity contribution in [1.29, 1.82) is 0 Å². The van der Waals surface area contributed by atoms with E-state index in [1.165, 1.54) is 71.0 Å². The van der Waals surface area contributed by atoms with Crippen LogP contribution in [0.5, 0.6) is 0 Å². The fourth-order valence-electron chi connectivity index (χ4n) is 5.08. The Morgan fingerprint density at radius 2 is 2.00 bits per heavy atom. The lowest BCUT2D eigenvalue weighted by Gasteiger charge is -2.35. The molecular weight excluding hydrogens is 458 g/mol. The van der Waals surface area contributed by atoms with Crippen molar-refractivity contribution >= 4 is 35.6 Å². The summed E-state index contributed by atoms with van der Waals surface area (Å²) in [6.07, 6.45) is 19.7. The number of aromatic nitrogens is 1. The Morgan fingerprint density at radius 1 is 1.12 bits per heavy atom. The van der Waals surface area contributed by atoms with E-state index in [2.05, 4.69) is 68.0 Å². The number of hydrogen-bond donors (Lipinski definition) is 1. The van der Waals surface area contributed by atoms with Crippen LogP contribution in [0.3, 0.4) is 0 Å². The first kappa shape index (κ1) is 25.9. The van der Waals surface area contributed by atoms with Crippen molar-refractivity contribution in [2.75, 3.05) is 42.8 Å². The first-order valence-electron chi connectivity index (χ1n) is 13.3. The smallest absolute Gasteiger partial charge is 0.125 e. The summed E-state index contributed by atoms with van der Waals surface area (Å²) >= 11 is 3.95. The van der Waals surface area contributed by atoms with Gasteiger partial charge in [-0.2, -0.15) is 0 Å². The molecule has 0 aromatic carbocycles. The van der Waals surface area contributed by atoms with E-state index in [4.69, 9.17) is 5.73 Å². The Morgan fingerprint density at radius 3 is 2.85 bits per heavy atom. The molecule has 1 aliphatic carbocycles. The molecule has 2 fully saturated rings. The van der Waals surface area contributed by atoms with Gasteiger partial charge in [0.2, 0.25) is 0 Å². The molecule has 2 bridgehead atoms. The maximum atomic E-state index is 5.87. The van der Waals surface area contributed by atoms with E-state index in [0.717, 1.165) is 30.6 Å². The summed E-state index contributed by atoms with van der Waals surface area (Å²) in [5.41, 5.74) is 8.62. The van der Waals surface area contributed by atoms with Crippen LogP contribution in [0, 0.1) is 11.8 Å². The summed E-state index contributed by atoms with van der Waals surface area (Å²) in [5.74, 6) is 2.10. The number of rotatable bonds is 10. The molecule has 5 nitrogen and oxygen atoms in total. The van der Waals surface area contributed by atoms with Crippen LogP contribution in [0.15, 0.2) is 42.1 Å². The number of nitrogens with two attached hydrogens (primary N) is 1. The molecule has 7 heteroatoms. The summed E-state index contributed by atoms with van der Waals surface area (Å²) < 4.78 is 7.48. The fraction of sp³-hybridized carbons (Fsp3) is 0.667. The zero-order chi connectivity index (χ0) is 23.8. The van der Waals surface area contributed by atoms with Crippen LogP contribution in [-0.4, -0.2) is 51.6 Å². The number of nitrogens with zero attached hydrogens (tertiary/aromatic N) is 4. The number of nitrogen functional groups attached to an aromatic ring is 1. The first-order chi connectivity index (χ1) is 16.5. The van der Waals surface area contributed by atoms with Crippen molar-refractivity contribution in [3.63, 3.8) is 0 Å². The van der Waals surface area contributed by atoms with Crippen LogP contribution in [0.25, 0.3) is 0 Å². The Labute approximate surface area is 216 Å². The Kier molecular flexibility index (Phi) is 10.1. The largest absolute Gasteiger partial charge is 0.384 e. The quantitative estimate of drug-likeness (QED) is 0.287. The summed E-state index contributed by atoms with van der Waals surface area (Å²) in [6, 6.07) is 4.03. The fourth-order valence-corrected chi connectivity index (χ4v) is 7.66. The standard InChI is InChI=1S/C27H43N5S2/c1-22(2)21-31-17-12-24-18-23(9-10-26(19-24)33-31)8-5-3-4-6-14-30-15-7-16-32(34-30)25-11-13-29-27(28)20-25/h9-11,13,18,20,22,24,26H,3-8,12,14-17,19,21H2,1-2H3,(H2,28,29). The molecule has 2 atom stereocenters. The average molecular weight is 502 g/mol. The topological polar surface area (TPSA) is 48.6 Å². The van der Waals surface area contributed by atoms with Crippen LogP contribution >= 0.6 is 24.1 Å². The lowest BCUT2D eigenvalue weighted by Crippen LogP contribution is -2.34. The van der Waals surface area contributed by atoms with Gasteiger partial charge < -0.3 is 10.0 Å². The molecule has 2 N–H and O–H groups in total. The third kappa shape index (κ3) is 8.21. The minimum absolute atomic E-state index is 0.597. The van der Waals surface area contributed by atoms with Gasteiger partial charge in [0.15, 0.2) is 0 Å². The van der Waals surface area contributed by atoms with Crippen LogP contribution in [0.1, 0.15) is 65.2 Å². The maximum Gasteiger partial charge on any atom is 0.125 e. The zero-order valence-corrected chi connectivity index (χ0v) is 22.7. The van der Waals surface area contributed by atoms with Gasteiger partial charge in [-0.1, -0.05) is 62.4 Å². The first-order valence-corrected chi connectivity index (χ1v) is 14.8. The van der Waals surface area contributed by atoms with Crippen LogP contribution in [0.2, 0.25) is 0 Å². The van der Waals surface area contributed by atoms with E-state index in [0.29, 0.717) is 11.1 Å². The van der Waals surface area contributed by atoms with Crippen LogP contribution in [0.4, 0.5) is 11.5 Å². The van der Waals surface area contributed by atoms with E-state index >= 15 is 0 Å². The Balaban J connectivity index is 1.13. The van der Waals surface area contributed by atoms with Gasteiger partial charge >= 0.3 is 0 Å². The molecule has 3 aliphatic rings. The molecule has 188 valence electrons. The number of fused-ring (bicyclic) bond motifs is 2. The molecule has 2 saturated heterocycles. The van der Waals surface area contributed by atoms with E-state index < -0.39 is 0 Å². The van der Waals surface area contributed by atoms with Crippen molar-refractivity contribution in [3.05, 3.63) is 42.1 Å². The predicted molar refractivity (Wildman–Crippen MR) is 151 cm³/mol. The third-order valence-electron chi connectivity index (χ3n) is 6.77. The van der Waals surface area contributed by atoms with E-state index in [1.807, 2.05) is 18.2 Å². The van der Waals surface area contributed by atoms with Crippen molar-refractivity contribution in [2.45, 2.75) is 70.5 Å². The van der Waals surface area contributed by atoms with Crippen molar-refractivity contribution in [3.8, 4) is 0 Å². The van der Waals surface area contributed by atoms with Gasteiger partial charge in [-0.25, -0.2) is 13.6 Å². The van der Waals surface area contributed by atoms with Gasteiger partial charge in [0, 0.05) is 62.4 Å². The average Bonchev–Trinajstić information content (AvgIpc) is 3.13. The van der Waals surface area contributed by atoms with Gasteiger partial charge in [0.25, 0.3) is 0 Å². The van der Waals surface area contributed by atoms with E-state index in [9.17, 15) is 0 Å². The van der Waals surface area contributed by atoms with Crippen molar-refractivity contribution in [2.24, 2.45) is 11.8 Å². The highest BCUT2D eigenvalue weighted by molar-refractivity contribution is 7.98. The number of unbranched alkanes of at least 4 members (excludes halogenated alkanes) is 3. The summed E-state index contributed by atoms with van der Waals surface area (Å²) in [6.45, 7) is 10.5. The highest BCUT2D eigenvalue weighted by Gasteiger charge is 2.25. The van der Waals surface area contributed by atoms with Gasteiger partial charge in [-0.15, -0.1) is 0 Å². The second-order valence-electron chi connectivity index (χ2n) is 10.4. The molecule has 0 saturated carbocycles. The summed E-state index contributed by atoms with van der Waals surface area (Å²) in [5, 5.41) is 0.658. The normalized spacial score (nSPS) is 24.2. The molecule has 34 heavy (non-hydrogen) atoms. The monoisotopic (exact) mass is 501 g/mol. The lowest BCUT2D eigenvalue weighted by atomic mass is 9.96. The SMILES string of the molecule is CC(C)CN1CCC2C=C(CCCCCCN3CCCN(c4ccnc(N)c4)S3)C=CC(C2)S1. The van der Waals surface area contributed by atoms with Gasteiger partial charge in [-0.3, -0.25) is 0 Å². The van der Waals surface area contributed by atoms with Crippen LogP contribution < -0.4 is 10.0 Å². The molecule has 1 aromatic rings. The minimum atomic E-state index is 0.597. The van der Waals surface area contributed by atoms with Gasteiger partial charge in [0.1, 0.15) is 5.82 Å². The van der Waals surface area contributed by atoms with Gasteiger partial charge in [-0.05, 0) is 56.4 Å². The molecule has 2 unspecified atom stereocenters. The lowest BCUT2D eigenvalue weighted by molar-refractivity contribution is 0.388. The zero-order valence-electron chi connectivity index (χ0n) is 21.1. The predicted octanol–water partition coefficient (Wildman–Crippen LogP) is 6.57. The molecular formula is C27H43N5S2. The van der Waals surface area contributed by atoms with Gasteiger partial charge in [0.05, 0.1) is 5.69 Å². The minimum Gasteiger partial charge on any atom is -0.384 e. The van der Waals surface area contributed by atoms with E-state index in [-0.39, 0.29) is 0 Å². The number of pyridine rings is 1. The number of hydrogen-bond acceptors (Lipinski definition) is 7. The Hall–Kier alpha value is -1.15. The second kappa shape index (κ2) is 13.2. The summed E-state index contributed by atoms with van der Waals surface area (Å²) in [7, 11) is 0. The van der Waals surface area contributed by atoms with Crippen molar-refractivity contribution in [1.82, 2.24) is 13.6 Å². The number of anilines is 2. The molecule has 4 rings (SSSR count). The molecule has 0 amide bonds. The number of allylic oxidation sites excluding steroid dienone is 3. The maximum absolute atomic E-state index is 5.87. The van der Waals surface area contributed by atoms with Crippen molar-refractivity contribution < 1.29 is 0 Å². The van der Waals surface area contributed by atoms with E-state index in [1.54, 1.807) is 11.8 Å². The molecule has 0 radical (unpaired) electrons. The highest BCUT2D eigenvalue weighted by atomic mass is 32.2. The Bertz CT molecular complexity index is 827. The highest BCUT2D eigenvalue weighted by Crippen LogP contribution is 2.35. The molecule has 0 spiro atoms. The molecule has 1 aromatic heterocycles. The second-order valence-corrected chi connectivity index (χ2v) is 12.8. The van der Waals surface area contributed by atoms with Crippen LogP contribution in [-0.2, 0) is 0 Å². The molecule has 3 heterocycles. The summed E-state index contributed by atoms with van der Waals surface area (Å²) in [4.78, 5) is 4.12. The molecule has 2 aliphatic heterocycles.